The van der Waals surface area contributed by atoms with E-state index in [2.05, 4.69) is 25.8 Å². The predicted octanol–water partition coefficient (Wildman–Crippen LogP) is 1.87. The van der Waals surface area contributed by atoms with Crippen LogP contribution in [0.25, 0.3) is 0 Å². The Kier molecular flexibility index (Phi) is 8.43. The van der Waals surface area contributed by atoms with Gasteiger partial charge in [0.2, 0.25) is 5.91 Å². The second kappa shape index (κ2) is 9.00. The van der Waals surface area contributed by atoms with Crippen molar-refractivity contribution in [2.45, 2.75) is 45.6 Å². The minimum atomic E-state index is 0.121. The summed E-state index contributed by atoms with van der Waals surface area (Å²) in [5, 5.41) is 8.45. The Balaban J connectivity index is 3.86. The molecule has 1 atom stereocenters. The molecule has 0 radical (unpaired) electrons. The molecular weight excluding hydrogens is 214 g/mol. The van der Waals surface area contributed by atoms with Crippen LogP contribution in [-0.4, -0.2) is 48.9 Å². The van der Waals surface area contributed by atoms with Crippen LogP contribution in [0.5, 0.6) is 0 Å². The Labute approximate surface area is 105 Å². The van der Waals surface area contributed by atoms with Crippen LogP contribution in [0.1, 0.15) is 39.5 Å². The molecule has 0 aromatic heterocycles. The third-order valence-electron chi connectivity index (χ3n) is 3.12. The zero-order valence-electron chi connectivity index (χ0n) is 11.6. The van der Waals surface area contributed by atoms with E-state index in [1.165, 1.54) is 6.42 Å². The van der Waals surface area contributed by atoms with Crippen LogP contribution in [-0.2, 0) is 4.79 Å². The van der Waals surface area contributed by atoms with Crippen LogP contribution < -0.4 is 0 Å². The zero-order chi connectivity index (χ0) is 13.3. The summed E-state index contributed by atoms with van der Waals surface area (Å²) in [6, 6.07) is 2.57. The van der Waals surface area contributed by atoms with Crippen molar-refractivity contribution in [2.24, 2.45) is 0 Å². The fraction of sp³-hybridized carbons (Fsp3) is 0.846. The van der Waals surface area contributed by atoms with Gasteiger partial charge in [0.25, 0.3) is 0 Å². The summed E-state index contributed by atoms with van der Waals surface area (Å²) in [6.45, 7) is 5.68. The van der Waals surface area contributed by atoms with Crippen molar-refractivity contribution in [2.75, 3.05) is 27.2 Å². The van der Waals surface area contributed by atoms with Crippen molar-refractivity contribution in [1.29, 1.82) is 5.26 Å². The topological polar surface area (TPSA) is 47.3 Å². The van der Waals surface area contributed by atoms with Crippen LogP contribution in [0.15, 0.2) is 0 Å². The largest absolute Gasteiger partial charge is 0.345 e. The van der Waals surface area contributed by atoms with Crippen molar-refractivity contribution < 1.29 is 4.79 Å². The molecule has 1 amide bonds. The van der Waals surface area contributed by atoms with Crippen molar-refractivity contribution in [3.63, 3.8) is 0 Å². The summed E-state index contributed by atoms with van der Waals surface area (Å²) in [7, 11) is 3.82. The van der Waals surface area contributed by atoms with Gasteiger partial charge < -0.3 is 9.80 Å². The minimum absolute atomic E-state index is 0.121. The molecule has 0 fully saturated rings. The quantitative estimate of drug-likeness (QED) is 0.649. The lowest BCUT2D eigenvalue weighted by Gasteiger charge is -2.25. The van der Waals surface area contributed by atoms with E-state index in [1.807, 2.05) is 6.07 Å². The number of nitriles is 1. The van der Waals surface area contributed by atoms with Crippen molar-refractivity contribution in [3.8, 4) is 6.07 Å². The first kappa shape index (κ1) is 15.9. The van der Waals surface area contributed by atoms with Crippen LogP contribution >= 0.6 is 0 Å². The van der Waals surface area contributed by atoms with Gasteiger partial charge in [0.05, 0.1) is 12.5 Å². The highest BCUT2D eigenvalue weighted by molar-refractivity contribution is 5.76. The van der Waals surface area contributed by atoms with E-state index in [1.54, 1.807) is 11.9 Å². The second-order valence-corrected chi connectivity index (χ2v) is 4.59. The first-order chi connectivity index (χ1) is 8.02. The standard InChI is InChI=1S/C13H25N3O/c1-5-7-12(2)15(3)11-8-13(17)16(4)10-6-9-14/h12H,5-8,10-11H2,1-4H3. The van der Waals surface area contributed by atoms with Gasteiger partial charge in [0, 0.05) is 32.6 Å². The third kappa shape index (κ3) is 6.96. The molecule has 17 heavy (non-hydrogen) atoms. The van der Waals surface area contributed by atoms with E-state index in [0.717, 1.165) is 13.0 Å². The molecule has 0 saturated heterocycles. The smallest absolute Gasteiger partial charge is 0.223 e. The second-order valence-electron chi connectivity index (χ2n) is 4.59. The van der Waals surface area contributed by atoms with Crippen LogP contribution in [0, 0.1) is 11.3 Å². The van der Waals surface area contributed by atoms with Crippen LogP contribution in [0.4, 0.5) is 0 Å². The normalized spacial score (nSPS) is 12.2. The number of hydrogen-bond donors (Lipinski definition) is 0. The average molecular weight is 239 g/mol. The van der Waals surface area contributed by atoms with Crippen molar-refractivity contribution >= 4 is 5.91 Å². The van der Waals surface area contributed by atoms with E-state index < -0.39 is 0 Å². The van der Waals surface area contributed by atoms with E-state index >= 15 is 0 Å². The Hall–Kier alpha value is -1.08. The zero-order valence-corrected chi connectivity index (χ0v) is 11.6. The van der Waals surface area contributed by atoms with E-state index in [0.29, 0.717) is 25.4 Å². The van der Waals surface area contributed by atoms with Crippen molar-refractivity contribution in [3.05, 3.63) is 0 Å². The van der Waals surface area contributed by atoms with E-state index in [-0.39, 0.29) is 5.91 Å². The lowest BCUT2D eigenvalue weighted by atomic mass is 10.1. The number of carbonyl (C=O) groups is 1. The molecule has 0 aliphatic rings. The van der Waals surface area contributed by atoms with Gasteiger partial charge in [-0.15, -0.1) is 0 Å². The Bertz CT molecular complexity index is 260. The van der Waals surface area contributed by atoms with Gasteiger partial charge >= 0.3 is 0 Å². The summed E-state index contributed by atoms with van der Waals surface area (Å²) >= 11 is 0. The molecule has 0 aliphatic carbocycles. The Morgan fingerprint density at radius 1 is 1.35 bits per heavy atom. The molecule has 98 valence electrons. The number of hydrogen-bond acceptors (Lipinski definition) is 3. The predicted molar refractivity (Wildman–Crippen MR) is 69.5 cm³/mol. The molecule has 0 N–H and O–H groups in total. The molecule has 4 nitrogen and oxygen atoms in total. The molecule has 0 aromatic rings. The highest BCUT2D eigenvalue weighted by Crippen LogP contribution is 2.05. The molecule has 0 bridgehead atoms. The SMILES string of the molecule is CCCC(C)N(C)CCC(=O)N(C)CCC#N. The Morgan fingerprint density at radius 2 is 2.00 bits per heavy atom. The van der Waals surface area contributed by atoms with Crippen LogP contribution in [0.2, 0.25) is 0 Å². The lowest BCUT2D eigenvalue weighted by Crippen LogP contribution is -2.34. The maximum absolute atomic E-state index is 11.7. The van der Waals surface area contributed by atoms with Gasteiger partial charge in [-0.05, 0) is 20.4 Å². The average Bonchev–Trinajstić information content (AvgIpc) is 2.32. The molecule has 1 unspecified atom stereocenters. The molecule has 4 heteroatoms. The summed E-state index contributed by atoms with van der Waals surface area (Å²) < 4.78 is 0. The van der Waals surface area contributed by atoms with Gasteiger partial charge in [-0.25, -0.2) is 0 Å². The summed E-state index contributed by atoms with van der Waals surface area (Å²) in [4.78, 5) is 15.6. The van der Waals surface area contributed by atoms with Gasteiger partial charge in [0.15, 0.2) is 0 Å². The minimum Gasteiger partial charge on any atom is -0.345 e. The maximum Gasteiger partial charge on any atom is 0.223 e. The first-order valence-electron chi connectivity index (χ1n) is 6.34. The third-order valence-corrected chi connectivity index (χ3v) is 3.12. The Morgan fingerprint density at radius 3 is 2.53 bits per heavy atom. The van der Waals surface area contributed by atoms with Gasteiger partial charge in [-0.1, -0.05) is 13.3 Å². The fourth-order valence-electron chi connectivity index (χ4n) is 1.66. The van der Waals surface area contributed by atoms with E-state index in [9.17, 15) is 4.79 Å². The molecule has 0 aliphatic heterocycles. The molecule has 0 saturated carbocycles. The van der Waals surface area contributed by atoms with Gasteiger partial charge in [0.1, 0.15) is 0 Å². The highest BCUT2D eigenvalue weighted by atomic mass is 16.2. The summed E-state index contributed by atoms with van der Waals surface area (Å²) in [5.41, 5.74) is 0. The molecule has 0 rings (SSSR count). The molecule has 0 aromatic carbocycles. The monoisotopic (exact) mass is 239 g/mol. The van der Waals surface area contributed by atoms with E-state index in [4.69, 9.17) is 5.26 Å². The molecular formula is C13H25N3O. The fourth-order valence-corrected chi connectivity index (χ4v) is 1.66. The molecule has 0 spiro atoms. The van der Waals surface area contributed by atoms with Gasteiger partial charge in [-0.2, -0.15) is 5.26 Å². The highest BCUT2D eigenvalue weighted by Gasteiger charge is 2.12. The van der Waals surface area contributed by atoms with Crippen LogP contribution in [0.3, 0.4) is 0 Å². The maximum atomic E-state index is 11.7. The molecule has 0 heterocycles. The lowest BCUT2D eigenvalue weighted by molar-refractivity contribution is -0.130. The summed E-state index contributed by atoms with van der Waals surface area (Å²) in [6.07, 6.45) is 3.27. The van der Waals surface area contributed by atoms with Crippen molar-refractivity contribution in [1.82, 2.24) is 9.80 Å². The number of amides is 1. The van der Waals surface area contributed by atoms with Gasteiger partial charge in [-0.3, -0.25) is 4.79 Å². The summed E-state index contributed by atoms with van der Waals surface area (Å²) in [5.74, 6) is 0.121. The number of nitrogens with zero attached hydrogens (tertiary/aromatic N) is 3. The first-order valence-corrected chi connectivity index (χ1v) is 6.34. The number of rotatable bonds is 8. The number of carbonyl (C=O) groups excluding carboxylic acids is 1.